The fourth-order valence-electron chi connectivity index (χ4n) is 3.48. The van der Waals surface area contributed by atoms with E-state index in [4.69, 9.17) is 0 Å². The van der Waals surface area contributed by atoms with Gasteiger partial charge in [-0.05, 0) is 48.2 Å². The number of rotatable bonds is 4. The number of amides is 1. The van der Waals surface area contributed by atoms with Gasteiger partial charge in [0.1, 0.15) is 5.56 Å². The number of carbonyl (C=O) groups is 1. The standard InChI is InChI=1S/C25H19F3N2O2/c1-16-9-11-17(12-10-16)15-29-23(31)21-13-18-5-2-3-8-22(18)30(24(21)32)20-7-4-6-19(14-20)25(26,27)28/h2-14H,15H2,1H3,(H,29,31). The van der Waals surface area contributed by atoms with E-state index in [0.717, 1.165) is 27.8 Å². The predicted molar refractivity (Wildman–Crippen MR) is 117 cm³/mol. The molecule has 4 rings (SSSR count). The second-order valence-electron chi connectivity index (χ2n) is 7.47. The summed E-state index contributed by atoms with van der Waals surface area (Å²) in [6.45, 7) is 2.17. The molecular formula is C25H19F3N2O2. The Hall–Kier alpha value is -3.87. The maximum atomic E-state index is 13.3. The summed E-state index contributed by atoms with van der Waals surface area (Å²) < 4.78 is 40.9. The summed E-state index contributed by atoms with van der Waals surface area (Å²) >= 11 is 0. The van der Waals surface area contributed by atoms with Gasteiger partial charge >= 0.3 is 6.18 Å². The minimum Gasteiger partial charge on any atom is -0.348 e. The lowest BCUT2D eigenvalue weighted by molar-refractivity contribution is -0.137. The molecule has 32 heavy (non-hydrogen) atoms. The number of nitrogens with one attached hydrogen (secondary N) is 1. The van der Waals surface area contributed by atoms with Gasteiger partial charge in [0.25, 0.3) is 11.5 Å². The van der Waals surface area contributed by atoms with Crippen LogP contribution in [0.3, 0.4) is 0 Å². The van der Waals surface area contributed by atoms with E-state index < -0.39 is 23.2 Å². The van der Waals surface area contributed by atoms with E-state index in [-0.39, 0.29) is 17.8 Å². The number of benzene rings is 3. The van der Waals surface area contributed by atoms with Crippen LogP contribution in [0.5, 0.6) is 0 Å². The smallest absolute Gasteiger partial charge is 0.348 e. The van der Waals surface area contributed by atoms with Gasteiger partial charge in [-0.3, -0.25) is 14.2 Å². The fourth-order valence-corrected chi connectivity index (χ4v) is 3.48. The van der Waals surface area contributed by atoms with E-state index in [1.807, 2.05) is 31.2 Å². The molecule has 0 aliphatic heterocycles. The summed E-state index contributed by atoms with van der Waals surface area (Å²) in [5.41, 5.74) is 0.681. The molecule has 0 spiro atoms. The van der Waals surface area contributed by atoms with Gasteiger partial charge in [0, 0.05) is 12.2 Å². The zero-order chi connectivity index (χ0) is 22.9. The zero-order valence-electron chi connectivity index (χ0n) is 17.1. The van der Waals surface area contributed by atoms with Crippen molar-refractivity contribution in [2.45, 2.75) is 19.6 Å². The molecular weight excluding hydrogens is 417 g/mol. The average Bonchev–Trinajstić information content (AvgIpc) is 2.77. The lowest BCUT2D eigenvalue weighted by Gasteiger charge is -2.15. The number of aromatic nitrogens is 1. The maximum absolute atomic E-state index is 13.3. The number of nitrogens with zero attached hydrogens (tertiary/aromatic N) is 1. The first-order chi connectivity index (χ1) is 15.2. The molecule has 3 aromatic carbocycles. The highest BCUT2D eigenvalue weighted by Gasteiger charge is 2.30. The largest absolute Gasteiger partial charge is 0.416 e. The third-order valence-electron chi connectivity index (χ3n) is 5.16. The van der Waals surface area contributed by atoms with Crippen LogP contribution in [0.15, 0.2) is 83.7 Å². The van der Waals surface area contributed by atoms with Crippen molar-refractivity contribution in [2.24, 2.45) is 0 Å². The van der Waals surface area contributed by atoms with Crippen LogP contribution in [0.2, 0.25) is 0 Å². The van der Waals surface area contributed by atoms with Crippen molar-refractivity contribution in [1.82, 2.24) is 9.88 Å². The van der Waals surface area contributed by atoms with Gasteiger partial charge < -0.3 is 5.32 Å². The monoisotopic (exact) mass is 436 g/mol. The first-order valence-corrected chi connectivity index (χ1v) is 9.90. The second-order valence-corrected chi connectivity index (χ2v) is 7.47. The highest BCUT2D eigenvalue weighted by Crippen LogP contribution is 2.30. The number of aryl methyl sites for hydroxylation is 1. The summed E-state index contributed by atoms with van der Waals surface area (Å²) in [6, 6.07) is 20.3. The molecule has 0 saturated carbocycles. The van der Waals surface area contributed by atoms with Crippen molar-refractivity contribution in [3.63, 3.8) is 0 Å². The van der Waals surface area contributed by atoms with Crippen LogP contribution in [0.1, 0.15) is 27.0 Å². The number of hydrogen-bond donors (Lipinski definition) is 1. The number of alkyl halides is 3. The van der Waals surface area contributed by atoms with Crippen molar-refractivity contribution >= 4 is 16.8 Å². The Bertz CT molecular complexity index is 1360. The lowest BCUT2D eigenvalue weighted by atomic mass is 10.1. The molecule has 162 valence electrons. The van der Waals surface area contributed by atoms with Crippen LogP contribution in [-0.2, 0) is 12.7 Å². The molecule has 0 atom stereocenters. The number of halogens is 3. The van der Waals surface area contributed by atoms with E-state index >= 15 is 0 Å². The van der Waals surface area contributed by atoms with Crippen molar-refractivity contribution in [3.05, 3.63) is 111 Å². The molecule has 4 aromatic rings. The van der Waals surface area contributed by atoms with Crippen LogP contribution in [-0.4, -0.2) is 10.5 Å². The topological polar surface area (TPSA) is 51.1 Å². The number of carbonyl (C=O) groups excluding carboxylic acids is 1. The van der Waals surface area contributed by atoms with Crippen molar-refractivity contribution in [3.8, 4) is 5.69 Å². The molecule has 0 aliphatic rings. The second kappa shape index (κ2) is 8.34. The average molecular weight is 436 g/mol. The van der Waals surface area contributed by atoms with Crippen LogP contribution >= 0.6 is 0 Å². The minimum atomic E-state index is -4.56. The first-order valence-electron chi connectivity index (χ1n) is 9.90. The Morgan fingerprint density at radius 3 is 2.38 bits per heavy atom. The molecule has 0 aliphatic carbocycles. The van der Waals surface area contributed by atoms with Crippen molar-refractivity contribution in [2.75, 3.05) is 0 Å². The predicted octanol–water partition coefficient (Wildman–Crippen LogP) is 5.25. The molecule has 0 bridgehead atoms. The summed E-state index contributed by atoms with van der Waals surface area (Å²) in [6.07, 6.45) is -4.56. The number of para-hydroxylation sites is 1. The Balaban J connectivity index is 1.79. The van der Waals surface area contributed by atoms with E-state index in [9.17, 15) is 22.8 Å². The van der Waals surface area contributed by atoms with Gasteiger partial charge in [0.05, 0.1) is 11.1 Å². The highest BCUT2D eigenvalue weighted by molar-refractivity contribution is 5.97. The molecule has 1 N–H and O–H groups in total. The van der Waals surface area contributed by atoms with Gasteiger partial charge in [0.2, 0.25) is 0 Å². The lowest BCUT2D eigenvalue weighted by Crippen LogP contribution is -2.32. The van der Waals surface area contributed by atoms with Crippen molar-refractivity contribution < 1.29 is 18.0 Å². The van der Waals surface area contributed by atoms with Crippen LogP contribution in [0.25, 0.3) is 16.6 Å². The van der Waals surface area contributed by atoms with Crippen LogP contribution in [0, 0.1) is 6.92 Å². The molecule has 1 aromatic heterocycles. The van der Waals surface area contributed by atoms with Crippen LogP contribution in [0.4, 0.5) is 13.2 Å². The van der Waals surface area contributed by atoms with Gasteiger partial charge in [-0.25, -0.2) is 0 Å². The van der Waals surface area contributed by atoms with E-state index in [2.05, 4.69) is 5.32 Å². The van der Waals surface area contributed by atoms with Gasteiger partial charge in [0.15, 0.2) is 0 Å². The van der Waals surface area contributed by atoms with E-state index in [1.54, 1.807) is 24.3 Å². The van der Waals surface area contributed by atoms with Gasteiger partial charge in [-0.2, -0.15) is 13.2 Å². The maximum Gasteiger partial charge on any atom is 0.416 e. The Morgan fingerprint density at radius 2 is 1.66 bits per heavy atom. The third-order valence-corrected chi connectivity index (χ3v) is 5.16. The molecule has 0 radical (unpaired) electrons. The minimum absolute atomic E-state index is 0.0363. The number of fused-ring (bicyclic) bond motifs is 1. The Kier molecular flexibility index (Phi) is 5.57. The summed E-state index contributed by atoms with van der Waals surface area (Å²) in [7, 11) is 0. The fraction of sp³-hybridized carbons (Fsp3) is 0.120. The quantitative estimate of drug-likeness (QED) is 0.475. The molecule has 0 unspecified atom stereocenters. The highest BCUT2D eigenvalue weighted by atomic mass is 19.4. The molecule has 7 heteroatoms. The van der Waals surface area contributed by atoms with Crippen molar-refractivity contribution in [1.29, 1.82) is 0 Å². The summed E-state index contributed by atoms with van der Waals surface area (Å²) in [4.78, 5) is 26.1. The molecule has 4 nitrogen and oxygen atoms in total. The zero-order valence-corrected chi connectivity index (χ0v) is 17.1. The van der Waals surface area contributed by atoms with Crippen LogP contribution < -0.4 is 10.9 Å². The van der Waals surface area contributed by atoms with E-state index in [0.29, 0.717) is 10.9 Å². The molecule has 0 fully saturated rings. The molecule has 0 saturated heterocycles. The molecule has 1 heterocycles. The van der Waals surface area contributed by atoms with Gasteiger partial charge in [-0.15, -0.1) is 0 Å². The number of hydrogen-bond acceptors (Lipinski definition) is 2. The number of pyridine rings is 1. The normalized spacial score (nSPS) is 11.5. The summed E-state index contributed by atoms with van der Waals surface area (Å²) in [5.74, 6) is -0.595. The summed E-state index contributed by atoms with van der Waals surface area (Å²) in [5, 5.41) is 3.28. The SMILES string of the molecule is Cc1ccc(CNC(=O)c2cc3ccccc3n(-c3cccc(C(F)(F)F)c3)c2=O)cc1. The Morgan fingerprint density at radius 1 is 0.938 bits per heavy atom. The Labute approximate surface area is 181 Å². The first kappa shape index (κ1) is 21.4. The molecule has 1 amide bonds. The third kappa shape index (κ3) is 4.27. The van der Waals surface area contributed by atoms with E-state index in [1.165, 1.54) is 18.2 Å². The van der Waals surface area contributed by atoms with Gasteiger partial charge in [-0.1, -0.05) is 54.1 Å².